The summed E-state index contributed by atoms with van der Waals surface area (Å²) in [5.74, 6) is 0. The van der Waals surface area contributed by atoms with Gasteiger partial charge in [0.25, 0.3) is 5.01 Å². The van der Waals surface area contributed by atoms with Gasteiger partial charge < -0.3 is 4.90 Å². The van der Waals surface area contributed by atoms with E-state index in [-0.39, 0.29) is 0 Å². The molecule has 52 heavy (non-hydrogen) atoms. The van der Waals surface area contributed by atoms with Crippen molar-refractivity contribution in [3.05, 3.63) is 147 Å². The van der Waals surface area contributed by atoms with Gasteiger partial charge in [-0.1, -0.05) is 135 Å². The van der Waals surface area contributed by atoms with E-state index >= 15 is 0 Å². The van der Waals surface area contributed by atoms with Crippen molar-refractivity contribution < 1.29 is 13.0 Å². The molecule has 0 fully saturated rings. The number of allylic oxidation sites excluding steroid dienone is 5. The average Bonchev–Trinajstić information content (AvgIpc) is 3.88. The molecule has 0 radical (unpaired) electrons. The number of fused-ring (bicyclic) bond motifs is 6. The number of sulfone groups is 1. The molecule has 2 heterocycles. The van der Waals surface area contributed by atoms with E-state index in [1.807, 2.05) is 18.2 Å². The predicted octanol–water partition coefficient (Wildman–Crippen LogP) is 12.0. The number of nitrogens with zero attached hydrogens (tertiary/aromatic N) is 2. The van der Waals surface area contributed by atoms with Crippen LogP contribution in [0, 0.1) is 0 Å². The van der Waals surface area contributed by atoms with Gasteiger partial charge >= 0.3 is 0 Å². The topological polar surface area (TPSA) is 41.3 Å². The molecule has 0 saturated heterocycles. The Kier molecular flexibility index (Phi) is 9.93. The van der Waals surface area contributed by atoms with Crippen molar-refractivity contribution >= 4 is 76.5 Å². The molecular weight excluding hydrogens is 697 g/mol. The summed E-state index contributed by atoms with van der Waals surface area (Å²) in [4.78, 5) is 4.47. The maximum absolute atomic E-state index is 14.5. The van der Waals surface area contributed by atoms with Crippen LogP contribution in [0.4, 0.5) is 5.69 Å². The fraction of sp³-hybridized carbons (Fsp3) is 0.222. The second-order valence-electron chi connectivity index (χ2n) is 13.5. The number of thioether (sulfide) groups is 1. The maximum atomic E-state index is 14.5. The summed E-state index contributed by atoms with van der Waals surface area (Å²) in [7, 11) is -3.77. The van der Waals surface area contributed by atoms with E-state index in [1.54, 1.807) is 35.2 Å². The normalized spacial score (nSPS) is 16.5. The lowest BCUT2D eigenvalue weighted by Gasteiger charge is -2.20. The van der Waals surface area contributed by atoms with Gasteiger partial charge in [0.05, 0.1) is 20.5 Å². The zero-order valence-corrected chi connectivity index (χ0v) is 32.2. The highest BCUT2D eigenvalue weighted by atomic mass is 32.2. The van der Waals surface area contributed by atoms with Gasteiger partial charge in [0, 0.05) is 35.4 Å². The number of unbranched alkanes of at least 4 members (excludes halogenated alkanes) is 2. The molecule has 1 aliphatic carbocycles. The number of hydrogen-bond acceptors (Lipinski definition) is 5. The quantitative estimate of drug-likeness (QED) is 0.124. The van der Waals surface area contributed by atoms with E-state index < -0.39 is 9.84 Å². The number of aryl methyl sites for hydroxylation is 1. The molecule has 0 bridgehead atoms. The van der Waals surface area contributed by atoms with Crippen LogP contribution in [0.15, 0.2) is 152 Å². The Morgan fingerprint density at radius 3 is 2.25 bits per heavy atom. The first-order valence-corrected chi connectivity index (χ1v) is 21.5. The molecule has 0 saturated carbocycles. The Morgan fingerprint density at radius 2 is 1.46 bits per heavy atom. The van der Waals surface area contributed by atoms with Crippen LogP contribution < -0.4 is 9.47 Å². The monoisotopic (exact) mass is 739 g/mol. The first-order chi connectivity index (χ1) is 25.5. The summed E-state index contributed by atoms with van der Waals surface area (Å²) >= 11 is 3.59. The minimum atomic E-state index is -3.77. The molecular formula is C45H43N2O2S3+. The Balaban J connectivity index is 1.23. The van der Waals surface area contributed by atoms with Crippen molar-refractivity contribution in [1.82, 2.24) is 0 Å². The molecule has 5 aromatic carbocycles. The summed E-state index contributed by atoms with van der Waals surface area (Å²) in [5, 5.41) is 7.27. The molecule has 1 aromatic heterocycles. The zero-order valence-electron chi connectivity index (χ0n) is 29.7. The third-order valence-corrected chi connectivity index (χ3v) is 14.5. The number of benzene rings is 5. The molecule has 0 atom stereocenters. The lowest BCUT2D eigenvalue weighted by molar-refractivity contribution is -0.669. The van der Waals surface area contributed by atoms with Crippen LogP contribution in [0.25, 0.3) is 37.8 Å². The van der Waals surface area contributed by atoms with Gasteiger partial charge in [-0.3, -0.25) is 0 Å². The van der Waals surface area contributed by atoms with E-state index in [0.717, 1.165) is 60.0 Å². The van der Waals surface area contributed by atoms with Gasteiger partial charge in [-0.15, -0.1) is 0 Å². The first kappa shape index (κ1) is 34.6. The van der Waals surface area contributed by atoms with Gasteiger partial charge in [-0.2, -0.15) is 4.57 Å². The fourth-order valence-corrected chi connectivity index (χ4v) is 11.7. The van der Waals surface area contributed by atoms with Crippen molar-refractivity contribution in [2.24, 2.45) is 0 Å². The minimum Gasteiger partial charge on any atom is -0.335 e. The van der Waals surface area contributed by atoms with Crippen molar-refractivity contribution in [2.75, 3.05) is 11.4 Å². The van der Waals surface area contributed by atoms with Gasteiger partial charge in [-0.25, -0.2) is 8.42 Å². The standard InChI is InChI=1S/C45H43N2O2S3/c1-3-5-30-46-39-26-22-32-14-10-12-18-37(32)43(39)50-41(46)28-24-34-20-21-35(45(34)52(48,49)36-16-8-7-9-17-36)25-29-42-47(31-6-4-2)40-27-23-33-15-11-13-19-38(33)44(40)51-42/h7-19,22-29H,3-6,20-21,30-31H2,1-2H3/q+1. The van der Waals surface area contributed by atoms with Crippen LogP contribution >= 0.6 is 23.1 Å². The molecule has 8 rings (SSSR count). The van der Waals surface area contributed by atoms with Crippen molar-refractivity contribution in [3.8, 4) is 0 Å². The summed E-state index contributed by atoms with van der Waals surface area (Å²) in [6, 6.07) is 34.9. The van der Waals surface area contributed by atoms with Crippen molar-refractivity contribution in [3.63, 3.8) is 0 Å². The molecule has 6 aromatic rings. The van der Waals surface area contributed by atoms with Crippen LogP contribution in [0.3, 0.4) is 0 Å². The van der Waals surface area contributed by atoms with Crippen LogP contribution in [0.5, 0.6) is 0 Å². The van der Waals surface area contributed by atoms with Gasteiger partial charge in [-0.05, 0) is 76.9 Å². The van der Waals surface area contributed by atoms with E-state index in [2.05, 4.69) is 120 Å². The first-order valence-electron chi connectivity index (χ1n) is 18.4. The number of rotatable bonds is 11. The SMILES string of the molecule is CCCCN1/C(=C/C=C2\CCC(/C=C/c3sc4c5ccccc5ccc4[n+]3CCCC)=C2S(=O)(=O)c2ccccc2)Sc2c1ccc1ccccc21. The van der Waals surface area contributed by atoms with Crippen molar-refractivity contribution in [2.45, 2.75) is 68.7 Å². The molecule has 1 aliphatic heterocycles. The third kappa shape index (κ3) is 6.44. The Morgan fingerprint density at radius 1 is 0.750 bits per heavy atom. The number of thiazole rings is 1. The van der Waals surface area contributed by atoms with E-state index in [4.69, 9.17) is 0 Å². The Labute approximate surface area is 315 Å². The Hall–Kier alpha value is -4.43. The second-order valence-corrected chi connectivity index (χ2v) is 17.5. The minimum absolute atomic E-state index is 0.335. The maximum Gasteiger partial charge on any atom is 0.262 e. The fourth-order valence-electron chi connectivity index (χ4n) is 7.43. The van der Waals surface area contributed by atoms with E-state index in [9.17, 15) is 8.42 Å². The highest BCUT2D eigenvalue weighted by Gasteiger charge is 2.32. The zero-order chi connectivity index (χ0) is 35.7. The summed E-state index contributed by atoms with van der Waals surface area (Å²) in [6.45, 7) is 6.29. The number of anilines is 1. The molecule has 0 amide bonds. The average molecular weight is 740 g/mol. The lowest BCUT2D eigenvalue weighted by atomic mass is 10.1. The molecule has 0 N–H and O–H groups in total. The van der Waals surface area contributed by atoms with Crippen LogP contribution in [-0.4, -0.2) is 15.0 Å². The molecule has 262 valence electrons. The Bertz CT molecular complexity index is 2540. The molecule has 2 aliphatic rings. The van der Waals surface area contributed by atoms with Crippen molar-refractivity contribution in [1.29, 1.82) is 0 Å². The highest BCUT2D eigenvalue weighted by molar-refractivity contribution is 8.04. The van der Waals surface area contributed by atoms with Crippen LogP contribution in [0.1, 0.15) is 57.4 Å². The van der Waals surface area contributed by atoms with Crippen LogP contribution in [0.2, 0.25) is 0 Å². The molecule has 7 heteroatoms. The smallest absolute Gasteiger partial charge is 0.262 e. The van der Waals surface area contributed by atoms with Gasteiger partial charge in [0.2, 0.25) is 15.4 Å². The summed E-state index contributed by atoms with van der Waals surface area (Å²) < 4.78 is 32.7. The number of hydrogen-bond donors (Lipinski definition) is 0. The second kappa shape index (κ2) is 14.9. The largest absolute Gasteiger partial charge is 0.335 e. The van der Waals surface area contributed by atoms with Crippen LogP contribution in [-0.2, 0) is 16.4 Å². The molecule has 0 unspecified atom stereocenters. The lowest BCUT2D eigenvalue weighted by Crippen LogP contribution is -2.34. The molecule has 0 spiro atoms. The predicted molar refractivity (Wildman–Crippen MR) is 222 cm³/mol. The van der Waals surface area contributed by atoms with Gasteiger partial charge in [0.1, 0.15) is 4.70 Å². The van der Waals surface area contributed by atoms with E-state index in [0.29, 0.717) is 22.6 Å². The number of aromatic nitrogens is 1. The summed E-state index contributed by atoms with van der Waals surface area (Å²) in [5.41, 5.74) is 4.21. The van der Waals surface area contributed by atoms with Gasteiger partial charge in [0.15, 0.2) is 6.54 Å². The third-order valence-electron chi connectivity index (χ3n) is 10.1. The molecule has 4 nitrogen and oxygen atoms in total. The summed E-state index contributed by atoms with van der Waals surface area (Å²) in [6.07, 6.45) is 14.2. The van der Waals surface area contributed by atoms with E-state index in [1.165, 1.54) is 42.3 Å². The highest BCUT2D eigenvalue weighted by Crippen LogP contribution is 2.50.